The van der Waals surface area contributed by atoms with Gasteiger partial charge in [0.05, 0.1) is 16.6 Å². The van der Waals surface area contributed by atoms with Crippen LogP contribution in [0.25, 0.3) is 10.9 Å². The summed E-state index contributed by atoms with van der Waals surface area (Å²) in [6.45, 7) is 1.83. The highest BCUT2D eigenvalue weighted by Gasteiger charge is 2.33. The van der Waals surface area contributed by atoms with Crippen molar-refractivity contribution in [2.24, 2.45) is 0 Å². The van der Waals surface area contributed by atoms with E-state index in [-0.39, 0.29) is 16.5 Å². The Balaban J connectivity index is 1.82. The van der Waals surface area contributed by atoms with Crippen molar-refractivity contribution in [1.29, 1.82) is 0 Å². The number of hydrogen-bond donors (Lipinski definition) is 2. The van der Waals surface area contributed by atoms with Crippen molar-refractivity contribution < 1.29 is 18.3 Å². The molecule has 0 aliphatic rings. The molecule has 0 fully saturated rings. The molecule has 2 heterocycles. The van der Waals surface area contributed by atoms with Crippen molar-refractivity contribution in [3.8, 4) is 5.75 Å². The summed E-state index contributed by atoms with van der Waals surface area (Å²) in [6, 6.07) is 14.1. The van der Waals surface area contributed by atoms with Crippen LogP contribution in [0.15, 0.2) is 60.0 Å². The Kier molecular flexibility index (Phi) is 5.34. The summed E-state index contributed by atoms with van der Waals surface area (Å²) < 4.78 is 39.8. The van der Waals surface area contributed by atoms with Crippen LogP contribution in [-0.2, 0) is 6.18 Å². The van der Waals surface area contributed by atoms with Gasteiger partial charge in [0.15, 0.2) is 0 Å². The van der Waals surface area contributed by atoms with Gasteiger partial charge in [0.1, 0.15) is 11.3 Å². The highest BCUT2D eigenvalue weighted by Crippen LogP contribution is 2.40. The molecule has 0 aliphatic heterocycles. The predicted octanol–water partition coefficient (Wildman–Crippen LogP) is 7.18. The molecule has 0 aliphatic carbocycles. The molecular formula is C22H16ClF3N2OS. The molecule has 8 heteroatoms. The fourth-order valence-electron chi connectivity index (χ4n) is 3.28. The van der Waals surface area contributed by atoms with Crippen molar-refractivity contribution in [3.05, 3.63) is 86.7 Å². The fourth-order valence-corrected chi connectivity index (χ4v) is 4.29. The fraction of sp³-hybridized carbons (Fsp3) is 0.136. The summed E-state index contributed by atoms with van der Waals surface area (Å²) in [7, 11) is 0. The summed E-state index contributed by atoms with van der Waals surface area (Å²) in [5.74, 6) is -0.00731. The van der Waals surface area contributed by atoms with E-state index in [0.29, 0.717) is 11.1 Å². The van der Waals surface area contributed by atoms with E-state index < -0.39 is 17.8 Å². The number of rotatable bonds is 4. The van der Waals surface area contributed by atoms with Crippen LogP contribution in [0.2, 0.25) is 5.02 Å². The number of thiophene rings is 1. The van der Waals surface area contributed by atoms with Gasteiger partial charge in [-0.05, 0) is 42.6 Å². The van der Waals surface area contributed by atoms with Gasteiger partial charge in [-0.3, -0.25) is 0 Å². The Morgan fingerprint density at radius 1 is 1.10 bits per heavy atom. The second-order valence-corrected chi connectivity index (χ2v) is 8.20. The maximum atomic E-state index is 13.3. The molecule has 2 aromatic heterocycles. The SMILES string of the molecule is Cc1ccc2ccc(C(Nc3ccc(Cl)c(C(F)(F)F)c3)c3cccs3)c(O)c2n1. The summed E-state index contributed by atoms with van der Waals surface area (Å²) in [4.78, 5) is 5.26. The number of benzene rings is 2. The molecule has 30 heavy (non-hydrogen) atoms. The number of phenols is 1. The van der Waals surface area contributed by atoms with Gasteiger partial charge >= 0.3 is 6.18 Å². The van der Waals surface area contributed by atoms with Crippen LogP contribution in [0.5, 0.6) is 5.75 Å². The van der Waals surface area contributed by atoms with E-state index in [1.54, 1.807) is 6.07 Å². The second kappa shape index (κ2) is 7.81. The number of nitrogens with zero attached hydrogens (tertiary/aromatic N) is 1. The monoisotopic (exact) mass is 448 g/mol. The number of hydrogen-bond acceptors (Lipinski definition) is 4. The van der Waals surface area contributed by atoms with E-state index in [9.17, 15) is 18.3 Å². The van der Waals surface area contributed by atoms with E-state index in [4.69, 9.17) is 11.6 Å². The Labute approximate surface area is 179 Å². The number of alkyl halides is 3. The highest BCUT2D eigenvalue weighted by molar-refractivity contribution is 7.10. The number of halogens is 4. The van der Waals surface area contributed by atoms with E-state index in [1.165, 1.54) is 23.5 Å². The molecule has 0 saturated carbocycles. The third kappa shape index (κ3) is 3.95. The lowest BCUT2D eigenvalue weighted by molar-refractivity contribution is -0.137. The van der Waals surface area contributed by atoms with Crippen LogP contribution < -0.4 is 5.32 Å². The van der Waals surface area contributed by atoms with Crippen LogP contribution in [0.3, 0.4) is 0 Å². The molecule has 0 bridgehead atoms. The largest absolute Gasteiger partial charge is 0.505 e. The van der Waals surface area contributed by atoms with Gasteiger partial charge in [0.25, 0.3) is 0 Å². The molecule has 0 spiro atoms. The number of anilines is 1. The lowest BCUT2D eigenvalue weighted by Crippen LogP contribution is -2.13. The number of aryl methyl sites for hydroxylation is 1. The quantitative estimate of drug-likeness (QED) is 0.347. The normalized spacial score (nSPS) is 12.8. The Bertz CT molecular complexity index is 1210. The topological polar surface area (TPSA) is 45.1 Å². The van der Waals surface area contributed by atoms with E-state index in [1.807, 2.05) is 42.6 Å². The first kappa shape index (κ1) is 20.5. The Morgan fingerprint density at radius 2 is 1.87 bits per heavy atom. The van der Waals surface area contributed by atoms with Crippen molar-refractivity contribution >= 4 is 39.5 Å². The lowest BCUT2D eigenvalue weighted by Gasteiger charge is -2.22. The maximum absolute atomic E-state index is 13.3. The minimum Gasteiger partial charge on any atom is -0.505 e. The standard InChI is InChI=1S/C22H16ClF3N2OS/c1-12-4-5-13-6-8-15(21(29)19(13)27-12)20(18-3-2-10-30-18)28-14-7-9-17(23)16(11-14)22(24,25)26/h2-11,20,28-29H,1H3. The molecule has 2 N–H and O–H groups in total. The van der Waals surface area contributed by atoms with Crippen LogP contribution in [-0.4, -0.2) is 10.1 Å². The molecule has 3 nitrogen and oxygen atoms in total. The Hall–Kier alpha value is -2.77. The maximum Gasteiger partial charge on any atom is 0.417 e. The number of fused-ring (bicyclic) bond motifs is 1. The van der Waals surface area contributed by atoms with E-state index >= 15 is 0 Å². The lowest BCUT2D eigenvalue weighted by atomic mass is 10.0. The zero-order valence-electron chi connectivity index (χ0n) is 15.7. The highest BCUT2D eigenvalue weighted by atomic mass is 35.5. The van der Waals surface area contributed by atoms with Gasteiger partial charge in [-0.2, -0.15) is 13.2 Å². The number of aromatic nitrogens is 1. The second-order valence-electron chi connectivity index (χ2n) is 6.81. The van der Waals surface area contributed by atoms with Crippen LogP contribution >= 0.6 is 22.9 Å². The number of phenolic OH excluding ortho intramolecular Hbond substituents is 1. The molecule has 0 amide bonds. The zero-order valence-corrected chi connectivity index (χ0v) is 17.2. The average Bonchev–Trinajstić information content (AvgIpc) is 3.22. The Morgan fingerprint density at radius 3 is 2.57 bits per heavy atom. The van der Waals surface area contributed by atoms with Gasteiger partial charge in [0.2, 0.25) is 0 Å². The van der Waals surface area contributed by atoms with Gasteiger partial charge in [-0.1, -0.05) is 35.9 Å². The number of aromatic hydroxyl groups is 1. The van der Waals surface area contributed by atoms with Crippen molar-refractivity contribution in [2.75, 3.05) is 5.32 Å². The molecule has 4 aromatic rings. The molecule has 0 radical (unpaired) electrons. The molecular weight excluding hydrogens is 433 g/mol. The zero-order chi connectivity index (χ0) is 21.5. The van der Waals surface area contributed by atoms with E-state index in [2.05, 4.69) is 10.3 Å². The molecule has 1 atom stereocenters. The summed E-state index contributed by atoms with van der Waals surface area (Å²) in [5.41, 5.74) is 1.04. The smallest absolute Gasteiger partial charge is 0.417 e. The average molecular weight is 449 g/mol. The summed E-state index contributed by atoms with van der Waals surface area (Å²) >= 11 is 7.18. The van der Waals surface area contributed by atoms with Gasteiger partial charge < -0.3 is 10.4 Å². The van der Waals surface area contributed by atoms with Gasteiger partial charge in [-0.15, -0.1) is 11.3 Å². The van der Waals surface area contributed by atoms with Crippen LogP contribution in [0, 0.1) is 6.92 Å². The van der Waals surface area contributed by atoms with Crippen LogP contribution in [0.1, 0.15) is 27.7 Å². The van der Waals surface area contributed by atoms with Gasteiger partial charge in [-0.25, -0.2) is 4.98 Å². The summed E-state index contributed by atoms with van der Waals surface area (Å²) in [6.07, 6.45) is -4.57. The van der Waals surface area contributed by atoms with Gasteiger partial charge in [0, 0.05) is 27.2 Å². The third-order valence-corrected chi connectivity index (χ3v) is 5.99. The molecule has 1 unspecified atom stereocenters. The first-order valence-corrected chi connectivity index (χ1v) is 10.3. The van der Waals surface area contributed by atoms with E-state index in [0.717, 1.165) is 22.0 Å². The molecule has 4 rings (SSSR count). The first-order chi connectivity index (χ1) is 14.2. The van der Waals surface area contributed by atoms with Crippen LogP contribution in [0.4, 0.5) is 18.9 Å². The summed E-state index contributed by atoms with van der Waals surface area (Å²) in [5, 5.41) is 16.3. The van der Waals surface area contributed by atoms with Crippen molar-refractivity contribution in [3.63, 3.8) is 0 Å². The predicted molar refractivity (Wildman–Crippen MR) is 114 cm³/mol. The van der Waals surface area contributed by atoms with Crippen molar-refractivity contribution in [2.45, 2.75) is 19.1 Å². The number of nitrogens with one attached hydrogen (secondary N) is 1. The number of pyridine rings is 1. The minimum absolute atomic E-state index is 0.00731. The molecule has 0 saturated heterocycles. The first-order valence-electron chi connectivity index (χ1n) is 9.00. The van der Waals surface area contributed by atoms with Crippen molar-refractivity contribution in [1.82, 2.24) is 4.98 Å². The molecule has 2 aromatic carbocycles. The third-order valence-electron chi connectivity index (χ3n) is 4.73. The minimum atomic E-state index is -4.57. The molecule has 154 valence electrons.